The summed E-state index contributed by atoms with van der Waals surface area (Å²) in [6.07, 6.45) is 4.36. The van der Waals surface area contributed by atoms with Gasteiger partial charge in [0, 0.05) is 20.2 Å². The number of aromatic nitrogens is 3. The van der Waals surface area contributed by atoms with Crippen LogP contribution >= 0.6 is 0 Å². The van der Waals surface area contributed by atoms with Gasteiger partial charge in [-0.3, -0.25) is 0 Å². The molecule has 0 aromatic carbocycles. The minimum Gasteiger partial charge on any atom is -0.383 e. The molecule has 1 N–H and O–H groups in total. The molecule has 0 bridgehead atoms. The molecule has 1 unspecified atom stereocenters. The van der Waals surface area contributed by atoms with Crippen LogP contribution in [-0.2, 0) is 18.3 Å². The SMILES string of the molecule is COCC(NCc1nncn1C)C1CC1. The summed E-state index contributed by atoms with van der Waals surface area (Å²) in [6, 6.07) is 0.465. The third kappa shape index (κ3) is 2.76. The molecule has 1 atom stereocenters. The van der Waals surface area contributed by atoms with Gasteiger partial charge in [0.1, 0.15) is 12.2 Å². The van der Waals surface area contributed by atoms with Crippen LogP contribution in [-0.4, -0.2) is 34.5 Å². The molecule has 0 aliphatic heterocycles. The molecule has 84 valence electrons. The number of hydrogen-bond donors (Lipinski definition) is 1. The first-order chi connectivity index (χ1) is 7.31. The van der Waals surface area contributed by atoms with Gasteiger partial charge >= 0.3 is 0 Å². The van der Waals surface area contributed by atoms with Crippen LogP contribution in [0.1, 0.15) is 18.7 Å². The molecule has 0 radical (unpaired) electrons. The fraction of sp³-hybridized carbons (Fsp3) is 0.800. The van der Waals surface area contributed by atoms with Gasteiger partial charge in [-0.05, 0) is 18.8 Å². The summed E-state index contributed by atoms with van der Waals surface area (Å²) in [6.45, 7) is 1.55. The third-order valence-electron chi connectivity index (χ3n) is 2.86. The van der Waals surface area contributed by atoms with E-state index in [1.54, 1.807) is 13.4 Å². The summed E-state index contributed by atoms with van der Waals surface area (Å²) in [5.41, 5.74) is 0. The first kappa shape index (κ1) is 10.6. The maximum absolute atomic E-state index is 5.20. The summed E-state index contributed by atoms with van der Waals surface area (Å²) in [7, 11) is 3.71. The Morgan fingerprint density at radius 1 is 1.67 bits per heavy atom. The lowest BCUT2D eigenvalue weighted by atomic mass is 10.2. The van der Waals surface area contributed by atoms with E-state index in [1.807, 2.05) is 11.6 Å². The van der Waals surface area contributed by atoms with Crippen molar-refractivity contribution in [2.24, 2.45) is 13.0 Å². The molecule has 1 aliphatic carbocycles. The Kier molecular flexibility index (Phi) is 3.33. The Hall–Kier alpha value is -0.940. The van der Waals surface area contributed by atoms with Gasteiger partial charge in [0.2, 0.25) is 0 Å². The van der Waals surface area contributed by atoms with E-state index in [-0.39, 0.29) is 0 Å². The van der Waals surface area contributed by atoms with Crippen molar-refractivity contribution in [1.82, 2.24) is 20.1 Å². The zero-order chi connectivity index (χ0) is 10.7. The summed E-state index contributed by atoms with van der Waals surface area (Å²) in [5.74, 6) is 1.76. The molecule has 1 fully saturated rings. The number of ether oxygens (including phenoxy) is 1. The van der Waals surface area contributed by atoms with E-state index in [4.69, 9.17) is 4.74 Å². The van der Waals surface area contributed by atoms with Crippen LogP contribution in [0.15, 0.2) is 6.33 Å². The Labute approximate surface area is 89.8 Å². The zero-order valence-electron chi connectivity index (χ0n) is 9.31. The molecule has 1 saturated carbocycles. The van der Waals surface area contributed by atoms with Crippen molar-refractivity contribution >= 4 is 0 Å². The van der Waals surface area contributed by atoms with Gasteiger partial charge in [-0.1, -0.05) is 0 Å². The lowest BCUT2D eigenvalue weighted by Gasteiger charge is -2.16. The van der Waals surface area contributed by atoms with E-state index < -0.39 is 0 Å². The predicted octanol–water partition coefficient (Wildman–Crippen LogP) is 0.330. The van der Waals surface area contributed by atoms with E-state index in [9.17, 15) is 0 Å². The van der Waals surface area contributed by atoms with Crippen LogP contribution in [0.2, 0.25) is 0 Å². The van der Waals surface area contributed by atoms with Crippen LogP contribution in [0.5, 0.6) is 0 Å². The molecule has 1 aliphatic rings. The Balaban J connectivity index is 1.82. The highest BCUT2D eigenvalue weighted by Crippen LogP contribution is 2.32. The predicted molar refractivity (Wildman–Crippen MR) is 56.2 cm³/mol. The van der Waals surface area contributed by atoms with E-state index >= 15 is 0 Å². The molecule has 5 heteroatoms. The number of nitrogens with one attached hydrogen (secondary N) is 1. The average Bonchev–Trinajstić information content (AvgIpc) is 2.98. The summed E-state index contributed by atoms with van der Waals surface area (Å²) in [5, 5.41) is 11.4. The molecular weight excluding hydrogens is 192 g/mol. The monoisotopic (exact) mass is 210 g/mol. The van der Waals surface area contributed by atoms with Crippen molar-refractivity contribution in [1.29, 1.82) is 0 Å². The van der Waals surface area contributed by atoms with Crippen molar-refractivity contribution in [3.05, 3.63) is 12.2 Å². The summed E-state index contributed by atoms with van der Waals surface area (Å²) < 4.78 is 7.13. The topological polar surface area (TPSA) is 52.0 Å². The fourth-order valence-electron chi connectivity index (χ4n) is 1.73. The maximum Gasteiger partial charge on any atom is 0.146 e. The molecule has 1 aromatic rings. The van der Waals surface area contributed by atoms with Gasteiger partial charge in [-0.15, -0.1) is 10.2 Å². The number of aryl methyl sites for hydroxylation is 1. The number of rotatable bonds is 6. The van der Waals surface area contributed by atoms with Gasteiger partial charge in [0.25, 0.3) is 0 Å². The normalized spacial score (nSPS) is 18.0. The average molecular weight is 210 g/mol. The van der Waals surface area contributed by atoms with Crippen molar-refractivity contribution in [2.75, 3.05) is 13.7 Å². The molecular formula is C10H18N4O. The van der Waals surface area contributed by atoms with Crippen LogP contribution < -0.4 is 5.32 Å². The number of hydrogen-bond acceptors (Lipinski definition) is 4. The van der Waals surface area contributed by atoms with Gasteiger partial charge in [-0.2, -0.15) is 0 Å². The highest BCUT2D eigenvalue weighted by atomic mass is 16.5. The highest BCUT2D eigenvalue weighted by molar-refractivity contribution is 4.90. The maximum atomic E-state index is 5.20. The quantitative estimate of drug-likeness (QED) is 0.735. The first-order valence-corrected chi connectivity index (χ1v) is 5.36. The van der Waals surface area contributed by atoms with Crippen LogP contribution in [0, 0.1) is 5.92 Å². The van der Waals surface area contributed by atoms with Gasteiger partial charge in [0.05, 0.1) is 13.2 Å². The molecule has 0 amide bonds. The van der Waals surface area contributed by atoms with Crippen LogP contribution in [0.4, 0.5) is 0 Å². The third-order valence-corrected chi connectivity index (χ3v) is 2.86. The van der Waals surface area contributed by atoms with E-state index in [1.165, 1.54) is 12.8 Å². The van der Waals surface area contributed by atoms with Crippen molar-refractivity contribution in [3.8, 4) is 0 Å². The minimum absolute atomic E-state index is 0.465. The lowest BCUT2D eigenvalue weighted by molar-refractivity contribution is 0.156. The second kappa shape index (κ2) is 4.72. The van der Waals surface area contributed by atoms with Gasteiger partial charge in [-0.25, -0.2) is 0 Å². The molecule has 5 nitrogen and oxygen atoms in total. The van der Waals surface area contributed by atoms with E-state index in [0.717, 1.165) is 24.9 Å². The minimum atomic E-state index is 0.465. The largest absolute Gasteiger partial charge is 0.383 e. The van der Waals surface area contributed by atoms with E-state index in [0.29, 0.717) is 6.04 Å². The van der Waals surface area contributed by atoms with Crippen molar-refractivity contribution in [2.45, 2.75) is 25.4 Å². The van der Waals surface area contributed by atoms with Gasteiger partial charge < -0.3 is 14.6 Å². The fourth-order valence-corrected chi connectivity index (χ4v) is 1.73. The summed E-state index contributed by atoms with van der Waals surface area (Å²) in [4.78, 5) is 0. The molecule has 1 aromatic heterocycles. The molecule has 0 spiro atoms. The Morgan fingerprint density at radius 3 is 3.00 bits per heavy atom. The second-order valence-electron chi connectivity index (χ2n) is 4.14. The van der Waals surface area contributed by atoms with Crippen molar-refractivity contribution < 1.29 is 4.74 Å². The van der Waals surface area contributed by atoms with Crippen LogP contribution in [0.25, 0.3) is 0 Å². The van der Waals surface area contributed by atoms with E-state index in [2.05, 4.69) is 15.5 Å². The summed E-state index contributed by atoms with van der Waals surface area (Å²) >= 11 is 0. The zero-order valence-corrected chi connectivity index (χ0v) is 9.31. The lowest BCUT2D eigenvalue weighted by Crippen LogP contribution is -2.35. The molecule has 1 heterocycles. The highest BCUT2D eigenvalue weighted by Gasteiger charge is 2.30. The first-order valence-electron chi connectivity index (χ1n) is 5.36. The molecule has 0 saturated heterocycles. The standard InChI is InChI=1S/C10H18N4O/c1-14-7-12-13-10(14)5-11-9(6-15-2)8-3-4-8/h7-9,11H,3-6H2,1-2H3. The second-order valence-corrected chi connectivity index (χ2v) is 4.14. The van der Waals surface area contributed by atoms with Gasteiger partial charge in [0.15, 0.2) is 0 Å². The van der Waals surface area contributed by atoms with Crippen LogP contribution in [0.3, 0.4) is 0 Å². The molecule has 15 heavy (non-hydrogen) atoms. The Bertz CT molecular complexity index is 308. The smallest absolute Gasteiger partial charge is 0.146 e. The van der Waals surface area contributed by atoms with Crippen molar-refractivity contribution in [3.63, 3.8) is 0 Å². The Morgan fingerprint density at radius 2 is 2.47 bits per heavy atom. The molecule has 2 rings (SSSR count). The number of methoxy groups -OCH3 is 1. The number of nitrogens with zero attached hydrogens (tertiary/aromatic N) is 3.